The fraction of sp³-hybridized carbons (Fsp3) is 0.667. The van der Waals surface area contributed by atoms with Crippen LogP contribution in [0.3, 0.4) is 0 Å². The van der Waals surface area contributed by atoms with Gasteiger partial charge in [-0.15, -0.1) is 11.3 Å². The van der Waals surface area contributed by atoms with Gasteiger partial charge in [0.2, 0.25) is 10.0 Å². The second kappa shape index (κ2) is 7.81. The molecule has 2 atom stereocenters. The molecule has 2 rings (SSSR count). The lowest BCUT2D eigenvalue weighted by atomic mass is 10.1. The highest BCUT2D eigenvalue weighted by Crippen LogP contribution is 2.20. The Hall–Kier alpha value is -1.16. The minimum Gasteiger partial charge on any atom is -0.352 e. The number of likely N-dealkylation sites (tertiary alicyclic amines) is 1. The number of nitrogens with two attached hydrogens (primary N) is 1. The molecule has 1 fully saturated rings. The molecule has 7 nitrogen and oxygen atoms in total. The second-order valence-electron chi connectivity index (χ2n) is 6.47. The van der Waals surface area contributed by atoms with Crippen molar-refractivity contribution in [3.63, 3.8) is 0 Å². The Morgan fingerprint density at radius 2 is 2.17 bits per heavy atom. The van der Waals surface area contributed by atoms with Gasteiger partial charge in [-0.05, 0) is 31.9 Å². The smallest absolute Gasteiger partial charge is 0.247 e. The van der Waals surface area contributed by atoms with E-state index in [0.29, 0.717) is 24.5 Å². The summed E-state index contributed by atoms with van der Waals surface area (Å²) in [5.41, 5.74) is 0. The second-order valence-corrected chi connectivity index (χ2v) is 9.42. The number of hydrogen-bond acceptors (Lipinski definition) is 5. The number of sulfonamides is 1. The summed E-state index contributed by atoms with van der Waals surface area (Å²) in [5.74, 6) is 1.27. The van der Waals surface area contributed by atoms with E-state index in [1.54, 1.807) is 13.1 Å². The van der Waals surface area contributed by atoms with Gasteiger partial charge < -0.3 is 10.6 Å². The number of aliphatic imine (C=N–C) groups is 1. The first-order chi connectivity index (χ1) is 11.2. The molecule has 2 heterocycles. The molecule has 0 amide bonds. The zero-order chi connectivity index (χ0) is 17.9. The van der Waals surface area contributed by atoms with E-state index in [-0.39, 0.29) is 4.21 Å². The van der Waals surface area contributed by atoms with Crippen LogP contribution in [0.5, 0.6) is 0 Å². The molecule has 9 heteroatoms. The summed E-state index contributed by atoms with van der Waals surface area (Å²) in [6, 6.07) is 4.19. The topological polar surface area (TPSA) is 99.8 Å². The lowest BCUT2D eigenvalue weighted by molar-refractivity contribution is 0.265. The summed E-state index contributed by atoms with van der Waals surface area (Å²) in [5, 5.41) is 11.8. The number of hydrogen-bond donors (Lipinski definition) is 3. The summed E-state index contributed by atoms with van der Waals surface area (Å²) < 4.78 is 22.8. The van der Waals surface area contributed by atoms with Crippen molar-refractivity contribution < 1.29 is 8.42 Å². The van der Waals surface area contributed by atoms with E-state index in [4.69, 9.17) is 5.14 Å². The molecule has 1 aliphatic heterocycles. The van der Waals surface area contributed by atoms with E-state index in [2.05, 4.69) is 41.3 Å². The molecule has 0 saturated carbocycles. The van der Waals surface area contributed by atoms with Gasteiger partial charge in [-0.1, -0.05) is 6.92 Å². The van der Waals surface area contributed by atoms with Crippen LogP contribution >= 0.6 is 11.3 Å². The van der Waals surface area contributed by atoms with Gasteiger partial charge in [0.15, 0.2) is 5.96 Å². The molecule has 1 aromatic heterocycles. The Kier molecular flexibility index (Phi) is 6.24. The first kappa shape index (κ1) is 19.2. The van der Waals surface area contributed by atoms with Crippen molar-refractivity contribution >= 4 is 27.3 Å². The Morgan fingerprint density at radius 3 is 2.67 bits per heavy atom. The van der Waals surface area contributed by atoms with Gasteiger partial charge >= 0.3 is 0 Å². The van der Waals surface area contributed by atoms with Crippen molar-refractivity contribution in [3.05, 3.63) is 17.0 Å². The maximum atomic E-state index is 11.3. The first-order valence-electron chi connectivity index (χ1n) is 8.03. The molecule has 0 radical (unpaired) electrons. The number of thiophene rings is 1. The summed E-state index contributed by atoms with van der Waals surface area (Å²) in [7, 11) is -1.89. The van der Waals surface area contributed by atoms with E-state index in [1.807, 2.05) is 0 Å². The summed E-state index contributed by atoms with van der Waals surface area (Å²) in [6.07, 6.45) is 0. The molecule has 2 unspecified atom stereocenters. The van der Waals surface area contributed by atoms with Gasteiger partial charge in [0.25, 0.3) is 0 Å². The standard InChI is InChI=1S/C15H27N5O2S2/c1-10(2)20-8-11(3)13(9-20)19-15(17-4)18-7-12-5-6-14(23-12)24(16,21)22/h5-6,10-11,13H,7-9H2,1-4H3,(H2,16,21,22)(H2,17,18,19). The Bertz CT molecular complexity index is 684. The van der Waals surface area contributed by atoms with Crippen molar-refractivity contribution in [1.82, 2.24) is 15.5 Å². The highest BCUT2D eigenvalue weighted by atomic mass is 32.2. The Balaban J connectivity index is 1.90. The highest BCUT2D eigenvalue weighted by Gasteiger charge is 2.31. The van der Waals surface area contributed by atoms with Crippen LogP contribution in [0.15, 0.2) is 21.3 Å². The monoisotopic (exact) mass is 373 g/mol. The van der Waals surface area contributed by atoms with E-state index in [0.717, 1.165) is 23.9 Å². The fourth-order valence-electron chi connectivity index (χ4n) is 2.76. The number of rotatable bonds is 5. The van der Waals surface area contributed by atoms with Crippen molar-refractivity contribution in [2.45, 2.75) is 43.6 Å². The maximum absolute atomic E-state index is 11.3. The maximum Gasteiger partial charge on any atom is 0.247 e. The molecule has 136 valence electrons. The van der Waals surface area contributed by atoms with Crippen LogP contribution in [0.1, 0.15) is 25.6 Å². The van der Waals surface area contributed by atoms with Gasteiger partial charge in [-0.2, -0.15) is 0 Å². The molecule has 0 bridgehead atoms. The summed E-state index contributed by atoms with van der Waals surface area (Å²) >= 11 is 1.17. The summed E-state index contributed by atoms with van der Waals surface area (Å²) in [6.45, 7) is 9.24. The third kappa shape index (κ3) is 4.92. The van der Waals surface area contributed by atoms with Crippen LogP contribution in [-0.2, 0) is 16.6 Å². The number of primary sulfonamides is 1. The third-order valence-electron chi connectivity index (χ3n) is 4.26. The average Bonchev–Trinajstić information content (AvgIpc) is 3.10. The molecular formula is C15H27N5O2S2. The highest BCUT2D eigenvalue weighted by molar-refractivity contribution is 7.91. The molecule has 1 saturated heterocycles. The Morgan fingerprint density at radius 1 is 1.46 bits per heavy atom. The Labute approximate surface area is 148 Å². The molecular weight excluding hydrogens is 346 g/mol. The molecule has 1 aliphatic rings. The van der Waals surface area contributed by atoms with E-state index >= 15 is 0 Å². The quantitative estimate of drug-likeness (QED) is 0.523. The van der Waals surface area contributed by atoms with Crippen molar-refractivity contribution in [3.8, 4) is 0 Å². The van der Waals surface area contributed by atoms with E-state index < -0.39 is 10.0 Å². The third-order valence-corrected chi connectivity index (χ3v) is 6.79. The zero-order valence-corrected chi connectivity index (χ0v) is 16.2. The van der Waals surface area contributed by atoms with E-state index in [9.17, 15) is 8.42 Å². The van der Waals surface area contributed by atoms with Gasteiger partial charge in [0, 0.05) is 37.1 Å². The lowest BCUT2D eigenvalue weighted by Gasteiger charge is -2.21. The van der Waals surface area contributed by atoms with Crippen LogP contribution in [0.25, 0.3) is 0 Å². The molecule has 4 N–H and O–H groups in total. The van der Waals surface area contributed by atoms with Crippen molar-refractivity contribution in [2.24, 2.45) is 16.0 Å². The van der Waals surface area contributed by atoms with Crippen LogP contribution in [0.4, 0.5) is 0 Å². The first-order valence-corrected chi connectivity index (χ1v) is 10.4. The van der Waals surface area contributed by atoms with Gasteiger partial charge in [-0.25, -0.2) is 13.6 Å². The normalized spacial score (nSPS) is 23.0. The minimum absolute atomic E-state index is 0.180. The van der Waals surface area contributed by atoms with Crippen molar-refractivity contribution in [1.29, 1.82) is 0 Å². The zero-order valence-electron chi connectivity index (χ0n) is 14.6. The molecule has 24 heavy (non-hydrogen) atoms. The van der Waals surface area contributed by atoms with Crippen LogP contribution in [0, 0.1) is 5.92 Å². The largest absolute Gasteiger partial charge is 0.352 e. The van der Waals surface area contributed by atoms with Gasteiger partial charge in [0.1, 0.15) is 4.21 Å². The predicted octanol–water partition coefficient (Wildman–Crippen LogP) is 0.789. The molecule has 1 aromatic rings. The van der Waals surface area contributed by atoms with Crippen LogP contribution in [0.2, 0.25) is 0 Å². The number of nitrogens with zero attached hydrogens (tertiary/aromatic N) is 2. The van der Waals surface area contributed by atoms with E-state index in [1.165, 1.54) is 17.4 Å². The lowest BCUT2D eigenvalue weighted by Crippen LogP contribution is -2.46. The fourth-order valence-corrected chi connectivity index (χ4v) is 4.48. The van der Waals surface area contributed by atoms with Gasteiger partial charge in [-0.3, -0.25) is 9.89 Å². The van der Waals surface area contributed by atoms with Crippen LogP contribution < -0.4 is 15.8 Å². The average molecular weight is 374 g/mol. The number of guanidine groups is 1. The predicted molar refractivity (Wildman–Crippen MR) is 98.7 cm³/mol. The molecule has 0 aromatic carbocycles. The minimum atomic E-state index is -3.63. The van der Waals surface area contributed by atoms with Crippen molar-refractivity contribution in [2.75, 3.05) is 20.1 Å². The van der Waals surface area contributed by atoms with Crippen LogP contribution in [-0.4, -0.2) is 51.5 Å². The summed E-state index contributed by atoms with van der Waals surface area (Å²) in [4.78, 5) is 7.61. The number of nitrogens with one attached hydrogen (secondary N) is 2. The van der Waals surface area contributed by atoms with Gasteiger partial charge in [0.05, 0.1) is 6.54 Å². The molecule has 0 aliphatic carbocycles. The SMILES string of the molecule is CN=C(NCc1ccc(S(N)(=O)=O)s1)NC1CN(C(C)C)CC1C. The molecule has 0 spiro atoms.